The van der Waals surface area contributed by atoms with Gasteiger partial charge in [-0.3, -0.25) is 14.5 Å². The zero-order chi connectivity index (χ0) is 25.0. The lowest BCUT2D eigenvalue weighted by molar-refractivity contribution is -0.130. The van der Waals surface area contributed by atoms with Crippen molar-refractivity contribution in [2.24, 2.45) is 5.73 Å². The number of ether oxygens (including phenoxy) is 1. The summed E-state index contributed by atoms with van der Waals surface area (Å²) in [6.07, 6.45) is 0.547. The Morgan fingerprint density at radius 1 is 1.12 bits per heavy atom. The molecular weight excluding hydrogens is 435 g/mol. The zero-order valence-electron chi connectivity index (χ0n) is 21.1. The average Bonchev–Trinajstić information content (AvgIpc) is 2.75. The number of amides is 2. The Hall–Kier alpha value is -2.17. The number of carbonyl (C=O) groups excluding carboxylic acids is 2. The first-order chi connectivity index (χ1) is 15.4. The van der Waals surface area contributed by atoms with E-state index in [2.05, 4.69) is 53.0 Å². The van der Waals surface area contributed by atoms with Crippen LogP contribution in [0.3, 0.4) is 0 Å². The number of aryl methyl sites for hydroxylation is 1. The van der Waals surface area contributed by atoms with Crippen LogP contribution >= 0.6 is 0 Å². The highest BCUT2D eigenvalue weighted by Crippen LogP contribution is 2.41. The standard InChI is InChI=1S/C26H39FN2O3Si/c1-18(2)33(19(3)4,20(5)6)15-10-24(30)29(23-9-8-21(7)22(16-23)17-27)26(25(28)31)11-13-32-14-12-26/h8-9,16,18-20H,11-14,17H2,1-7H3,(H2,28,31). The molecule has 0 spiro atoms. The molecule has 1 aliphatic rings. The molecular formula is C26H39FN2O3Si. The number of nitrogens with zero attached hydrogens (tertiary/aromatic N) is 1. The van der Waals surface area contributed by atoms with E-state index >= 15 is 0 Å². The molecule has 7 heteroatoms. The fourth-order valence-corrected chi connectivity index (χ4v) is 10.6. The van der Waals surface area contributed by atoms with Crippen LogP contribution < -0.4 is 10.6 Å². The lowest BCUT2D eigenvalue weighted by Gasteiger charge is -2.43. The van der Waals surface area contributed by atoms with Gasteiger partial charge in [0.1, 0.15) is 20.3 Å². The van der Waals surface area contributed by atoms with E-state index in [1.165, 1.54) is 4.90 Å². The number of hydrogen-bond donors (Lipinski definition) is 1. The van der Waals surface area contributed by atoms with Gasteiger partial charge in [0, 0.05) is 31.7 Å². The molecule has 1 aliphatic heterocycles. The molecule has 5 nitrogen and oxygen atoms in total. The summed E-state index contributed by atoms with van der Waals surface area (Å²) >= 11 is 0. The minimum absolute atomic E-state index is 0.274. The number of carbonyl (C=O) groups is 2. The van der Waals surface area contributed by atoms with Gasteiger partial charge >= 0.3 is 5.91 Å². The molecule has 2 amide bonds. The van der Waals surface area contributed by atoms with Crippen molar-refractivity contribution in [1.29, 1.82) is 0 Å². The number of rotatable bonds is 7. The molecule has 1 heterocycles. The van der Waals surface area contributed by atoms with Gasteiger partial charge in [-0.15, -0.1) is 5.54 Å². The van der Waals surface area contributed by atoms with Crippen molar-refractivity contribution in [3.63, 3.8) is 0 Å². The molecule has 33 heavy (non-hydrogen) atoms. The second kappa shape index (κ2) is 10.8. The van der Waals surface area contributed by atoms with Crippen molar-refractivity contribution in [3.05, 3.63) is 29.3 Å². The topological polar surface area (TPSA) is 72.6 Å². The number of anilines is 1. The van der Waals surface area contributed by atoms with E-state index in [0.29, 0.717) is 41.1 Å². The van der Waals surface area contributed by atoms with Crippen LogP contribution in [-0.2, 0) is 21.0 Å². The van der Waals surface area contributed by atoms with E-state index in [4.69, 9.17) is 10.5 Å². The molecule has 0 bridgehead atoms. The second-order valence-electron chi connectivity index (χ2n) is 10.0. The van der Waals surface area contributed by atoms with Crippen LogP contribution in [0.15, 0.2) is 18.2 Å². The van der Waals surface area contributed by atoms with E-state index < -0.39 is 32.1 Å². The van der Waals surface area contributed by atoms with Gasteiger partial charge in [-0.25, -0.2) is 4.39 Å². The smallest absolute Gasteiger partial charge is 0.303 e. The Labute approximate surface area is 199 Å². The Balaban J connectivity index is 2.70. The van der Waals surface area contributed by atoms with Gasteiger partial charge in [0.05, 0.1) is 0 Å². The summed E-state index contributed by atoms with van der Waals surface area (Å²) < 4.78 is 19.1. The van der Waals surface area contributed by atoms with E-state index in [1.807, 2.05) is 6.92 Å². The lowest BCUT2D eigenvalue weighted by atomic mass is 9.86. The molecule has 0 aliphatic carbocycles. The Bertz CT molecular complexity index is 905. The normalized spacial score (nSPS) is 16.0. The molecule has 0 unspecified atom stereocenters. The van der Waals surface area contributed by atoms with Gasteiger partial charge < -0.3 is 10.5 Å². The van der Waals surface area contributed by atoms with Crippen LogP contribution in [-0.4, -0.2) is 38.6 Å². The molecule has 0 atom stereocenters. The van der Waals surface area contributed by atoms with Crippen molar-refractivity contribution in [2.45, 2.75) is 90.1 Å². The third-order valence-electron chi connectivity index (χ3n) is 7.40. The molecule has 2 rings (SSSR count). The maximum atomic E-state index is 13.8. The van der Waals surface area contributed by atoms with E-state index in [0.717, 1.165) is 5.56 Å². The summed E-state index contributed by atoms with van der Waals surface area (Å²) in [7, 11) is -2.17. The molecule has 182 valence electrons. The predicted molar refractivity (Wildman–Crippen MR) is 134 cm³/mol. The first-order valence-electron chi connectivity index (χ1n) is 11.8. The molecule has 0 aromatic heterocycles. The Morgan fingerprint density at radius 3 is 2.12 bits per heavy atom. The quantitative estimate of drug-likeness (QED) is 0.444. The summed E-state index contributed by atoms with van der Waals surface area (Å²) in [5.41, 5.74) is 10.9. The summed E-state index contributed by atoms with van der Waals surface area (Å²) in [6, 6.07) is 5.14. The molecule has 0 saturated carbocycles. The molecule has 2 N–H and O–H groups in total. The number of alkyl halides is 1. The maximum absolute atomic E-state index is 13.8. The van der Waals surface area contributed by atoms with Crippen molar-refractivity contribution in [2.75, 3.05) is 18.1 Å². The SMILES string of the molecule is Cc1ccc(N(C(=O)C#C[Si](C(C)C)(C(C)C)C(C)C)C2(C(N)=O)CCOCC2)cc1CF. The molecule has 1 aromatic rings. The number of halogens is 1. The largest absolute Gasteiger partial charge is 0.381 e. The van der Waals surface area contributed by atoms with Crippen LogP contribution in [0.25, 0.3) is 0 Å². The van der Waals surface area contributed by atoms with Gasteiger partial charge in [0.15, 0.2) is 0 Å². The molecule has 0 radical (unpaired) electrons. The van der Waals surface area contributed by atoms with Crippen LogP contribution in [0.5, 0.6) is 0 Å². The summed E-state index contributed by atoms with van der Waals surface area (Å²) in [5.74, 6) is 1.89. The summed E-state index contributed by atoms with van der Waals surface area (Å²) in [4.78, 5) is 28.0. The number of benzene rings is 1. The minimum Gasteiger partial charge on any atom is -0.381 e. The average molecular weight is 475 g/mol. The van der Waals surface area contributed by atoms with Crippen molar-refractivity contribution in [1.82, 2.24) is 0 Å². The summed E-state index contributed by atoms with van der Waals surface area (Å²) in [5, 5.41) is 0. The van der Waals surface area contributed by atoms with E-state index in [9.17, 15) is 14.0 Å². The minimum atomic E-state index is -2.17. The van der Waals surface area contributed by atoms with Gasteiger partial charge in [-0.1, -0.05) is 47.6 Å². The van der Waals surface area contributed by atoms with E-state index in [-0.39, 0.29) is 12.8 Å². The molecule has 1 fully saturated rings. The predicted octanol–water partition coefficient (Wildman–Crippen LogP) is 5.05. The van der Waals surface area contributed by atoms with Crippen molar-refractivity contribution >= 4 is 25.6 Å². The van der Waals surface area contributed by atoms with Crippen LogP contribution in [0, 0.1) is 18.4 Å². The maximum Gasteiger partial charge on any atom is 0.303 e. The molecule has 1 aromatic carbocycles. The third-order valence-corrected chi connectivity index (χ3v) is 13.7. The Kier molecular flexibility index (Phi) is 8.89. The first-order valence-corrected chi connectivity index (χ1v) is 14.1. The summed E-state index contributed by atoms with van der Waals surface area (Å²) in [6.45, 7) is 14.9. The molecule has 1 saturated heterocycles. The van der Waals surface area contributed by atoms with Gasteiger partial charge in [0.25, 0.3) is 0 Å². The number of primary amides is 1. The third kappa shape index (κ3) is 5.17. The fraction of sp³-hybridized carbons (Fsp3) is 0.615. The van der Waals surface area contributed by atoms with Gasteiger partial charge in [0.2, 0.25) is 5.91 Å². The van der Waals surface area contributed by atoms with Crippen LogP contribution in [0.1, 0.15) is 65.5 Å². The number of nitrogens with two attached hydrogens (primary N) is 1. The number of hydrogen-bond acceptors (Lipinski definition) is 3. The van der Waals surface area contributed by atoms with Crippen LogP contribution in [0.4, 0.5) is 10.1 Å². The van der Waals surface area contributed by atoms with E-state index in [1.54, 1.807) is 18.2 Å². The van der Waals surface area contributed by atoms with Crippen LogP contribution in [0.2, 0.25) is 16.6 Å². The van der Waals surface area contributed by atoms with Gasteiger partial charge in [-0.05, 0) is 52.7 Å². The highest BCUT2D eigenvalue weighted by Gasteiger charge is 2.47. The lowest BCUT2D eigenvalue weighted by Crippen LogP contribution is -2.62. The Morgan fingerprint density at radius 2 is 1.67 bits per heavy atom. The van der Waals surface area contributed by atoms with Crippen molar-refractivity contribution < 1.29 is 18.7 Å². The fourth-order valence-electron chi connectivity index (χ4n) is 5.44. The highest BCUT2D eigenvalue weighted by atomic mass is 28.3. The zero-order valence-corrected chi connectivity index (χ0v) is 22.1. The first kappa shape index (κ1) is 27.1. The monoisotopic (exact) mass is 474 g/mol. The van der Waals surface area contributed by atoms with Gasteiger partial charge in [-0.2, -0.15) is 0 Å². The van der Waals surface area contributed by atoms with Crippen molar-refractivity contribution in [3.8, 4) is 11.5 Å². The second-order valence-corrected chi connectivity index (χ2v) is 15.6. The highest BCUT2D eigenvalue weighted by molar-refractivity contribution is 6.90.